The van der Waals surface area contributed by atoms with Crippen molar-refractivity contribution in [3.05, 3.63) is 41.0 Å². The van der Waals surface area contributed by atoms with E-state index in [0.717, 1.165) is 36.8 Å². The molecule has 0 saturated carbocycles. The fourth-order valence-corrected chi connectivity index (χ4v) is 3.42. The zero-order valence-corrected chi connectivity index (χ0v) is 18.4. The summed E-state index contributed by atoms with van der Waals surface area (Å²) in [6.45, 7) is 11.8. The highest BCUT2D eigenvalue weighted by atomic mass is 28.4. The van der Waals surface area contributed by atoms with Gasteiger partial charge in [0.25, 0.3) is 0 Å². The van der Waals surface area contributed by atoms with Crippen LogP contribution in [0.2, 0.25) is 18.1 Å². The Morgan fingerprint density at radius 1 is 1.15 bits per heavy atom. The van der Waals surface area contributed by atoms with Crippen molar-refractivity contribution in [3.63, 3.8) is 0 Å². The molecule has 0 spiro atoms. The van der Waals surface area contributed by atoms with Crippen LogP contribution in [0.4, 0.5) is 0 Å². The molecule has 1 aliphatic carbocycles. The molecule has 27 heavy (non-hydrogen) atoms. The SMILES string of the molecule is CC(C)(C)[Si](C)(C)OCc1ccccc1/C=C1\C#CCCCCC#CC1O. The van der Waals surface area contributed by atoms with E-state index in [0.29, 0.717) is 12.2 Å². The number of benzene rings is 1. The van der Waals surface area contributed by atoms with Gasteiger partial charge in [-0.15, -0.1) is 5.92 Å². The molecule has 0 fully saturated rings. The van der Waals surface area contributed by atoms with Crippen LogP contribution in [0.3, 0.4) is 0 Å². The molecule has 1 aromatic rings. The van der Waals surface area contributed by atoms with Gasteiger partial charge in [0.15, 0.2) is 8.32 Å². The predicted octanol–water partition coefficient (Wildman–Crippen LogP) is 5.53. The van der Waals surface area contributed by atoms with Crippen molar-refractivity contribution < 1.29 is 9.53 Å². The summed E-state index contributed by atoms with van der Waals surface area (Å²) < 4.78 is 6.40. The molecule has 0 aromatic heterocycles. The Labute approximate surface area is 166 Å². The van der Waals surface area contributed by atoms with E-state index in [4.69, 9.17) is 4.43 Å². The Balaban J connectivity index is 2.29. The maximum atomic E-state index is 10.4. The van der Waals surface area contributed by atoms with Crippen LogP contribution in [0.25, 0.3) is 6.08 Å². The second-order valence-electron chi connectivity index (χ2n) is 8.58. The van der Waals surface area contributed by atoms with Gasteiger partial charge in [0.1, 0.15) is 6.10 Å². The molecule has 0 radical (unpaired) electrons. The second-order valence-corrected chi connectivity index (χ2v) is 13.4. The van der Waals surface area contributed by atoms with Crippen molar-refractivity contribution in [2.24, 2.45) is 0 Å². The van der Waals surface area contributed by atoms with E-state index in [1.165, 1.54) is 0 Å². The van der Waals surface area contributed by atoms with Crippen LogP contribution in [0.15, 0.2) is 29.8 Å². The average Bonchev–Trinajstić information content (AvgIpc) is 2.61. The quantitative estimate of drug-likeness (QED) is 0.549. The van der Waals surface area contributed by atoms with E-state index >= 15 is 0 Å². The topological polar surface area (TPSA) is 29.5 Å². The molecule has 1 N–H and O–H groups in total. The molecule has 1 unspecified atom stereocenters. The van der Waals surface area contributed by atoms with Gasteiger partial charge in [-0.25, -0.2) is 0 Å². The minimum absolute atomic E-state index is 0.175. The summed E-state index contributed by atoms with van der Waals surface area (Å²) >= 11 is 0. The van der Waals surface area contributed by atoms with Gasteiger partial charge in [0.2, 0.25) is 0 Å². The summed E-state index contributed by atoms with van der Waals surface area (Å²) in [6.07, 6.45) is 4.91. The Morgan fingerprint density at radius 2 is 1.81 bits per heavy atom. The minimum Gasteiger partial charge on any atom is -0.413 e. The third-order valence-corrected chi connectivity index (χ3v) is 9.86. The van der Waals surface area contributed by atoms with Gasteiger partial charge < -0.3 is 9.53 Å². The fourth-order valence-electron chi connectivity index (χ4n) is 2.47. The number of aliphatic hydroxyl groups excluding tert-OH is 1. The molecule has 0 amide bonds. The molecule has 2 rings (SSSR count). The zero-order chi connectivity index (χ0) is 19.9. The summed E-state index contributed by atoms with van der Waals surface area (Å²) in [4.78, 5) is 0. The van der Waals surface area contributed by atoms with Gasteiger partial charge in [-0.05, 0) is 48.2 Å². The first-order valence-corrected chi connectivity index (χ1v) is 12.7. The summed E-state index contributed by atoms with van der Waals surface area (Å²) in [5.41, 5.74) is 2.83. The van der Waals surface area contributed by atoms with Crippen molar-refractivity contribution in [1.29, 1.82) is 0 Å². The number of hydrogen-bond donors (Lipinski definition) is 1. The summed E-state index contributed by atoms with van der Waals surface area (Å²) in [6, 6.07) is 8.18. The lowest BCUT2D eigenvalue weighted by atomic mass is 10.0. The Morgan fingerprint density at radius 3 is 2.52 bits per heavy atom. The fraction of sp³-hybridized carbons (Fsp3) is 0.500. The molecule has 1 aliphatic rings. The largest absolute Gasteiger partial charge is 0.413 e. The number of hydrogen-bond acceptors (Lipinski definition) is 2. The van der Waals surface area contributed by atoms with Crippen molar-refractivity contribution in [2.45, 2.75) is 77.3 Å². The molecule has 1 atom stereocenters. The highest BCUT2D eigenvalue weighted by Gasteiger charge is 2.37. The molecular formula is C24H32O2Si. The molecule has 0 saturated heterocycles. The average molecular weight is 381 g/mol. The van der Waals surface area contributed by atoms with Gasteiger partial charge in [-0.1, -0.05) is 62.8 Å². The monoisotopic (exact) mass is 380 g/mol. The van der Waals surface area contributed by atoms with Gasteiger partial charge in [-0.3, -0.25) is 0 Å². The maximum Gasteiger partial charge on any atom is 0.192 e. The standard InChI is InChI=1S/C24H32O2Si/c1-24(2,3)27(4,5)26-19-22-16-13-12-14-20(22)18-21-15-10-8-6-7-9-11-17-23(21)25/h12-14,16,18,23,25H,6-9,19H2,1-5H3/b21-18+. The molecule has 1 aromatic carbocycles. The number of aliphatic hydroxyl groups is 1. The minimum atomic E-state index is -1.82. The maximum absolute atomic E-state index is 10.4. The van der Waals surface area contributed by atoms with Crippen LogP contribution >= 0.6 is 0 Å². The molecule has 2 nitrogen and oxygen atoms in total. The van der Waals surface area contributed by atoms with E-state index in [-0.39, 0.29) is 5.04 Å². The van der Waals surface area contributed by atoms with Gasteiger partial charge >= 0.3 is 0 Å². The van der Waals surface area contributed by atoms with Crippen molar-refractivity contribution >= 4 is 14.4 Å². The first kappa shape index (κ1) is 21.5. The second kappa shape index (κ2) is 9.42. The van der Waals surface area contributed by atoms with E-state index < -0.39 is 14.4 Å². The van der Waals surface area contributed by atoms with Crippen LogP contribution in [0, 0.1) is 23.7 Å². The van der Waals surface area contributed by atoms with Gasteiger partial charge in [0.05, 0.1) is 6.61 Å². The van der Waals surface area contributed by atoms with E-state index in [2.05, 4.69) is 69.7 Å². The normalized spacial score (nSPS) is 19.6. The smallest absolute Gasteiger partial charge is 0.192 e. The van der Waals surface area contributed by atoms with E-state index in [1.54, 1.807) is 0 Å². The molecule has 144 valence electrons. The van der Waals surface area contributed by atoms with E-state index in [1.807, 2.05) is 18.2 Å². The van der Waals surface area contributed by atoms with Gasteiger partial charge in [-0.2, -0.15) is 0 Å². The van der Waals surface area contributed by atoms with E-state index in [9.17, 15) is 5.11 Å². The van der Waals surface area contributed by atoms with Gasteiger partial charge in [0, 0.05) is 18.4 Å². The Hall–Kier alpha value is -1.78. The molecule has 0 heterocycles. The molecule has 3 heteroatoms. The lowest BCUT2D eigenvalue weighted by Gasteiger charge is -2.36. The molecular weight excluding hydrogens is 348 g/mol. The van der Waals surface area contributed by atoms with Crippen LogP contribution in [0.1, 0.15) is 57.6 Å². The van der Waals surface area contributed by atoms with Crippen molar-refractivity contribution in [3.8, 4) is 23.7 Å². The molecule has 0 bridgehead atoms. The molecule has 0 aliphatic heterocycles. The summed E-state index contributed by atoms with van der Waals surface area (Å²) in [7, 11) is -1.82. The lowest BCUT2D eigenvalue weighted by molar-refractivity contribution is 0.273. The highest BCUT2D eigenvalue weighted by Crippen LogP contribution is 2.37. The first-order valence-electron chi connectivity index (χ1n) is 9.79. The third kappa shape index (κ3) is 6.40. The highest BCUT2D eigenvalue weighted by molar-refractivity contribution is 6.74. The number of rotatable bonds is 4. The zero-order valence-electron chi connectivity index (χ0n) is 17.4. The third-order valence-electron chi connectivity index (χ3n) is 5.38. The Bertz CT molecular complexity index is 791. The first-order chi connectivity index (χ1) is 12.7. The summed E-state index contributed by atoms with van der Waals surface area (Å²) in [5, 5.41) is 10.6. The Kier molecular flexibility index (Phi) is 7.51. The predicted molar refractivity (Wildman–Crippen MR) is 116 cm³/mol. The van der Waals surface area contributed by atoms with Crippen LogP contribution in [0.5, 0.6) is 0 Å². The van der Waals surface area contributed by atoms with Crippen LogP contribution in [-0.4, -0.2) is 19.5 Å². The van der Waals surface area contributed by atoms with Crippen molar-refractivity contribution in [2.75, 3.05) is 0 Å². The van der Waals surface area contributed by atoms with Crippen molar-refractivity contribution in [1.82, 2.24) is 0 Å². The van der Waals surface area contributed by atoms with Crippen LogP contribution in [-0.2, 0) is 11.0 Å². The lowest BCUT2D eigenvalue weighted by Crippen LogP contribution is -2.40. The van der Waals surface area contributed by atoms with Crippen LogP contribution < -0.4 is 0 Å². The summed E-state index contributed by atoms with van der Waals surface area (Å²) in [5.74, 6) is 12.3.